The van der Waals surface area contributed by atoms with Gasteiger partial charge in [0.1, 0.15) is 0 Å². The molecule has 5 rings (SSSR count). The van der Waals surface area contributed by atoms with Crippen LogP contribution in [0.4, 0.5) is 0 Å². The Labute approximate surface area is 241 Å². The van der Waals surface area contributed by atoms with E-state index in [1.807, 2.05) is 13.8 Å². The lowest BCUT2D eigenvalue weighted by atomic mass is 10.0. The molecule has 0 aromatic heterocycles. The van der Waals surface area contributed by atoms with Crippen LogP contribution in [-0.2, 0) is 18.9 Å². The smallest absolute Gasteiger partial charge is 0.220 e. The van der Waals surface area contributed by atoms with Crippen molar-refractivity contribution in [2.24, 2.45) is 0 Å². The van der Waals surface area contributed by atoms with E-state index in [4.69, 9.17) is 18.9 Å². The third-order valence-electron chi connectivity index (χ3n) is 7.77. The summed E-state index contributed by atoms with van der Waals surface area (Å²) in [6.45, 7) is 3.84. The van der Waals surface area contributed by atoms with Gasteiger partial charge in [-0.25, -0.2) is 0 Å². The van der Waals surface area contributed by atoms with Gasteiger partial charge in [-0.15, -0.1) is 0 Å². The largest absolute Gasteiger partial charge is 0.349 e. The standard InChI is InChI=1S/C34H38O4P2/c1-33(35-3)34(2,36-4)38-32(26-40(29-21-13-7-14-22-29)30-23-15-8-16-24-30)31(37-33)25-39(27-17-9-5-10-18-27)28-19-11-6-12-20-28/h5-24,31-32H,25-26H2,1-4H3. The van der Waals surface area contributed by atoms with E-state index >= 15 is 0 Å². The lowest BCUT2D eigenvalue weighted by molar-refractivity contribution is -0.442. The van der Waals surface area contributed by atoms with Crippen molar-refractivity contribution in [3.05, 3.63) is 121 Å². The van der Waals surface area contributed by atoms with Crippen LogP contribution >= 0.6 is 15.8 Å². The van der Waals surface area contributed by atoms with Crippen molar-refractivity contribution in [3.8, 4) is 0 Å². The fourth-order valence-electron chi connectivity index (χ4n) is 5.23. The fourth-order valence-corrected chi connectivity index (χ4v) is 10.1. The van der Waals surface area contributed by atoms with Crippen LogP contribution < -0.4 is 21.2 Å². The first-order valence-electron chi connectivity index (χ1n) is 13.7. The van der Waals surface area contributed by atoms with Crippen LogP contribution in [0.25, 0.3) is 0 Å². The highest BCUT2D eigenvalue weighted by Gasteiger charge is 2.57. The lowest BCUT2D eigenvalue weighted by Gasteiger charge is -2.53. The molecule has 40 heavy (non-hydrogen) atoms. The number of ether oxygens (including phenoxy) is 4. The Morgan fingerprint density at radius 2 is 0.750 bits per heavy atom. The van der Waals surface area contributed by atoms with Gasteiger partial charge in [0.2, 0.25) is 11.6 Å². The molecule has 1 saturated heterocycles. The second-order valence-corrected chi connectivity index (χ2v) is 14.7. The number of benzene rings is 4. The SMILES string of the molecule is COC1(C)OC(CP(c2ccccc2)c2ccccc2)C(CP(c2ccccc2)c2ccccc2)OC1(C)OC. The molecule has 1 fully saturated rings. The van der Waals surface area contributed by atoms with Crippen molar-refractivity contribution in [2.45, 2.75) is 37.6 Å². The van der Waals surface area contributed by atoms with Gasteiger partial charge < -0.3 is 18.9 Å². The van der Waals surface area contributed by atoms with Crippen LogP contribution in [0, 0.1) is 0 Å². The average molecular weight is 573 g/mol. The van der Waals surface area contributed by atoms with Crippen molar-refractivity contribution in [1.29, 1.82) is 0 Å². The molecule has 0 aliphatic carbocycles. The third kappa shape index (κ3) is 6.24. The maximum Gasteiger partial charge on any atom is 0.220 e. The maximum absolute atomic E-state index is 6.94. The summed E-state index contributed by atoms with van der Waals surface area (Å²) in [5.41, 5.74) is 0. The van der Waals surface area contributed by atoms with E-state index in [0.717, 1.165) is 12.3 Å². The first-order chi connectivity index (χ1) is 19.5. The van der Waals surface area contributed by atoms with Gasteiger partial charge in [0.15, 0.2) is 0 Å². The Balaban J connectivity index is 1.55. The highest BCUT2D eigenvalue weighted by molar-refractivity contribution is 7.73. The quantitative estimate of drug-likeness (QED) is 0.227. The molecule has 4 nitrogen and oxygen atoms in total. The van der Waals surface area contributed by atoms with Crippen LogP contribution in [0.3, 0.4) is 0 Å². The summed E-state index contributed by atoms with van der Waals surface area (Å²) < 4.78 is 25.8. The summed E-state index contributed by atoms with van der Waals surface area (Å²) in [7, 11) is 1.91. The van der Waals surface area contributed by atoms with Crippen LogP contribution in [-0.4, -0.2) is 50.3 Å². The molecule has 1 heterocycles. The van der Waals surface area contributed by atoms with Gasteiger partial charge in [-0.3, -0.25) is 0 Å². The predicted octanol–water partition coefficient (Wildman–Crippen LogP) is 5.76. The minimum absolute atomic E-state index is 0.211. The summed E-state index contributed by atoms with van der Waals surface area (Å²) >= 11 is 0. The summed E-state index contributed by atoms with van der Waals surface area (Å²) in [6, 6.07) is 43.1. The number of hydrogen-bond donors (Lipinski definition) is 0. The van der Waals surface area contributed by atoms with Gasteiger partial charge in [0, 0.05) is 26.5 Å². The molecule has 4 aromatic rings. The van der Waals surface area contributed by atoms with E-state index in [-0.39, 0.29) is 12.2 Å². The molecule has 1 aliphatic rings. The van der Waals surface area contributed by atoms with Gasteiger partial charge in [0.05, 0.1) is 12.2 Å². The molecule has 0 amide bonds. The van der Waals surface area contributed by atoms with E-state index in [1.54, 1.807) is 14.2 Å². The normalized spacial score (nSPS) is 24.9. The first-order valence-corrected chi connectivity index (χ1v) is 16.7. The van der Waals surface area contributed by atoms with Crippen molar-refractivity contribution in [3.63, 3.8) is 0 Å². The molecular formula is C34H38O4P2. The van der Waals surface area contributed by atoms with Crippen molar-refractivity contribution in [2.75, 3.05) is 26.5 Å². The van der Waals surface area contributed by atoms with Gasteiger partial charge >= 0.3 is 0 Å². The molecule has 4 atom stereocenters. The molecule has 4 aromatic carbocycles. The monoisotopic (exact) mass is 572 g/mol. The molecular weight excluding hydrogens is 534 g/mol. The Bertz CT molecular complexity index is 1140. The number of hydrogen-bond acceptors (Lipinski definition) is 4. The van der Waals surface area contributed by atoms with Crippen LogP contribution in [0.2, 0.25) is 0 Å². The zero-order valence-electron chi connectivity index (χ0n) is 23.6. The van der Waals surface area contributed by atoms with Crippen molar-refractivity contribution < 1.29 is 18.9 Å². The fraction of sp³-hybridized carbons (Fsp3) is 0.294. The molecule has 0 spiro atoms. The average Bonchev–Trinajstić information content (AvgIpc) is 3.02. The van der Waals surface area contributed by atoms with E-state index in [2.05, 4.69) is 121 Å². The van der Waals surface area contributed by atoms with E-state index in [0.29, 0.717) is 0 Å². The number of methoxy groups -OCH3 is 2. The van der Waals surface area contributed by atoms with Gasteiger partial charge in [-0.1, -0.05) is 121 Å². The Hall–Kier alpha value is -2.42. The summed E-state index contributed by atoms with van der Waals surface area (Å²) in [6.07, 6.45) is 1.19. The second-order valence-electron chi connectivity index (χ2n) is 10.2. The van der Waals surface area contributed by atoms with Crippen molar-refractivity contribution >= 4 is 37.1 Å². The minimum atomic E-state index is -1.07. The second kappa shape index (κ2) is 13.0. The molecule has 208 valence electrons. The van der Waals surface area contributed by atoms with E-state index in [1.165, 1.54) is 21.2 Å². The molecule has 0 N–H and O–H groups in total. The van der Waals surface area contributed by atoms with E-state index < -0.39 is 27.4 Å². The van der Waals surface area contributed by atoms with Gasteiger partial charge in [-0.2, -0.15) is 0 Å². The molecule has 4 unspecified atom stereocenters. The zero-order chi connectivity index (χ0) is 28.0. The summed E-state index contributed by atoms with van der Waals surface area (Å²) in [4.78, 5) is 0. The molecule has 0 saturated carbocycles. The number of rotatable bonds is 10. The molecule has 0 radical (unpaired) electrons. The Kier molecular flexibility index (Phi) is 9.49. The first kappa shape index (κ1) is 29.1. The summed E-state index contributed by atoms with van der Waals surface area (Å²) in [5.74, 6) is -2.14. The highest BCUT2D eigenvalue weighted by Crippen LogP contribution is 2.47. The molecule has 6 heteroatoms. The Morgan fingerprint density at radius 1 is 0.500 bits per heavy atom. The highest BCUT2D eigenvalue weighted by atomic mass is 31.1. The van der Waals surface area contributed by atoms with Gasteiger partial charge in [0.25, 0.3) is 0 Å². The predicted molar refractivity (Wildman–Crippen MR) is 168 cm³/mol. The topological polar surface area (TPSA) is 36.9 Å². The zero-order valence-corrected chi connectivity index (χ0v) is 25.4. The maximum atomic E-state index is 6.94. The Morgan fingerprint density at radius 3 is 0.975 bits per heavy atom. The summed E-state index contributed by atoms with van der Waals surface area (Å²) in [5, 5.41) is 5.27. The third-order valence-corrected chi connectivity index (χ3v) is 12.9. The van der Waals surface area contributed by atoms with Crippen molar-refractivity contribution in [1.82, 2.24) is 0 Å². The van der Waals surface area contributed by atoms with Crippen LogP contribution in [0.5, 0.6) is 0 Å². The molecule has 0 bridgehead atoms. The van der Waals surface area contributed by atoms with Crippen LogP contribution in [0.15, 0.2) is 121 Å². The molecule has 1 aliphatic heterocycles. The van der Waals surface area contributed by atoms with Crippen LogP contribution in [0.1, 0.15) is 13.8 Å². The van der Waals surface area contributed by atoms with Gasteiger partial charge in [-0.05, 0) is 50.9 Å². The van der Waals surface area contributed by atoms with E-state index in [9.17, 15) is 0 Å². The lowest BCUT2D eigenvalue weighted by Crippen LogP contribution is -2.66. The minimum Gasteiger partial charge on any atom is -0.349 e.